The van der Waals surface area contributed by atoms with Gasteiger partial charge in [-0.1, -0.05) is 154 Å². The fraction of sp³-hybridized carbons (Fsp3) is 0.853. The molecule has 224 valence electrons. The Bertz CT molecular complexity index is 546. The SMILES string of the molecule is CCCCCCCCCCCCCCCCCC/C=C/CC/C=C/C(O)C(CO)NC(=O)CCCCCC. The smallest absolute Gasteiger partial charge is 0.220 e. The van der Waals surface area contributed by atoms with Gasteiger partial charge in [0, 0.05) is 6.42 Å². The summed E-state index contributed by atoms with van der Waals surface area (Å²) >= 11 is 0. The van der Waals surface area contributed by atoms with E-state index in [0.29, 0.717) is 6.42 Å². The highest BCUT2D eigenvalue weighted by Gasteiger charge is 2.17. The summed E-state index contributed by atoms with van der Waals surface area (Å²) in [5, 5.41) is 22.5. The summed E-state index contributed by atoms with van der Waals surface area (Å²) in [6.45, 7) is 4.17. The summed E-state index contributed by atoms with van der Waals surface area (Å²) < 4.78 is 0. The van der Waals surface area contributed by atoms with Crippen molar-refractivity contribution in [2.45, 2.75) is 180 Å². The van der Waals surface area contributed by atoms with Crippen LogP contribution in [0.4, 0.5) is 0 Å². The molecule has 0 saturated heterocycles. The minimum absolute atomic E-state index is 0.0929. The first-order valence-corrected chi connectivity index (χ1v) is 16.6. The summed E-state index contributed by atoms with van der Waals surface area (Å²) in [7, 11) is 0. The van der Waals surface area contributed by atoms with E-state index in [1.54, 1.807) is 6.08 Å². The number of allylic oxidation sites excluding steroid dienone is 3. The van der Waals surface area contributed by atoms with Gasteiger partial charge in [-0.3, -0.25) is 4.79 Å². The molecule has 38 heavy (non-hydrogen) atoms. The number of aliphatic hydroxyl groups excluding tert-OH is 2. The van der Waals surface area contributed by atoms with Crippen LogP contribution in [0.2, 0.25) is 0 Å². The summed E-state index contributed by atoms with van der Waals surface area (Å²) in [5.74, 6) is -0.0929. The Kier molecular flexibility index (Phi) is 29.5. The van der Waals surface area contributed by atoms with Crippen LogP contribution >= 0.6 is 0 Å². The van der Waals surface area contributed by atoms with Crippen molar-refractivity contribution in [3.05, 3.63) is 24.3 Å². The zero-order valence-corrected chi connectivity index (χ0v) is 25.4. The Labute approximate surface area is 237 Å². The van der Waals surface area contributed by atoms with Crippen LogP contribution in [-0.2, 0) is 4.79 Å². The van der Waals surface area contributed by atoms with Gasteiger partial charge in [0.05, 0.1) is 18.8 Å². The maximum atomic E-state index is 12.0. The molecule has 0 rings (SSSR count). The number of aliphatic hydroxyl groups is 2. The Morgan fingerprint density at radius 3 is 1.53 bits per heavy atom. The number of hydrogen-bond acceptors (Lipinski definition) is 3. The third-order valence-corrected chi connectivity index (χ3v) is 7.44. The molecule has 1 amide bonds. The van der Waals surface area contributed by atoms with Crippen molar-refractivity contribution < 1.29 is 15.0 Å². The van der Waals surface area contributed by atoms with E-state index in [1.165, 1.54) is 103 Å². The fourth-order valence-corrected chi connectivity index (χ4v) is 4.84. The van der Waals surface area contributed by atoms with Gasteiger partial charge in [-0.2, -0.15) is 0 Å². The van der Waals surface area contributed by atoms with E-state index >= 15 is 0 Å². The van der Waals surface area contributed by atoms with E-state index in [2.05, 4.69) is 31.3 Å². The molecule has 0 aromatic rings. The molecule has 0 aromatic carbocycles. The number of unbranched alkanes of at least 4 members (excludes halogenated alkanes) is 20. The first kappa shape index (κ1) is 36.9. The summed E-state index contributed by atoms with van der Waals surface area (Å²) in [4.78, 5) is 12.0. The molecule has 0 aliphatic heterocycles. The molecule has 0 heterocycles. The Morgan fingerprint density at radius 2 is 1.03 bits per heavy atom. The molecule has 0 saturated carbocycles. The van der Waals surface area contributed by atoms with Crippen LogP contribution in [-0.4, -0.2) is 34.9 Å². The number of nitrogens with one attached hydrogen (secondary N) is 1. The van der Waals surface area contributed by atoms with Gasteiger partial charge in [-0.25, -0.2) is 0 Å². The lowest BCUT2D eigenvalue weighted by molar-refractivity contribution is -0.123. The lowest BCUT2D eigenvalue weighted by atomic mass is 10.0. The Hall–Kier alpha value is -1.13. The molecule has 0 fully saturated rings. The molecule has 0 bridgehead atoms. The summed E-state index contributed by atoms with van der Waals surface area (Å²) in [5.41, 5.74) is 0. The molecule has 0 spiro atoms. The average molecular weight is 536 g/mol. The van der Waals surface area contributed by atoms with Crippen molar-refractivity contribution in [3.63, 3.8) is 0 Å². The molecule has 0 radical (unpaired) electrons. The highest BCUT2D eigenvalue weighted by molar-refractivity contribution is 5.76. The molecule has 0 aliphatic carbocycles. The van der Waals surface area contributed by atoms with E-state index in [1.807, 2.05) is 6.08 Å². The zero-order valence-electron chi connectivity index (χ0n) is 25.4. The molecule has 2 unspecified atom stereocenters. The second kappa shape index (κ2) is 30.4. The molecule has 0 aromatic heterocycles. The van der Waals surface area contributed by atoms with Gasteiger partial charge < -0.3 is 15.5 Å². The number of carbonyl (C=O) groups excluding carboxylic acids is 1. The molecule has 4 nitrogen and oxygen atoms in total. The topological polar surface area (TPSA) is 69.6 Å². The molecule has 3 N–H and O–H groups in total. The second-order valence-electron chi connectivity index (χ2n) is 11.2. The minimum atomic E-state index is -0.853. The third-order valence-electron chi connectivity index (χ3n) is 7.44. The van der Waals surface area contributed by atoms with Crippen LogP contribution in [0, 0.1) is 0 Å². The first-order valence-electron chi connectivity index (χ1n) is 16.6. The van der Waals surface area contributed by atoms with Crippen LogP contribution < -0.4 is 5.32 Å². The standard InChI is InChI=1S/C34H65NO3/c1-3-5-7-9-10-11-12-13-14-15-16-17-18-19-20-21-22-23-24-25-26-27-29-33(37)32(31-36)35-34(38)30-28-8-6-4-2/h23-24,27,29,32-33,36-37H,3-22,25-26,28,30-31H2,1-2H3,(H,35,38)/b24-23+,29-27+. The predicted molar refractivity (Wildman–Crippen MR) is 165 cm³/mol. The van der Waals surface area contributed by atoms with Crippen LogP contribution in [0.3, 0.4) is 0 Å². The van der Waals surface area contributed by atoms with Gasteiger partial charge in [0.25, 0.3) is 0 Å². The van der Waals surface area contributed by atoms with Crippen LogP contribution in [0.5, 0.6) is 0 Å². The van der Waals surface area contributed by atoms with E-state index in [0.717, 1.165) is 44.9 Å². The largest absolute Gasteiger partial charge is 0.394 e. The lowest BCUT2D eigenvalue weighted by Crippen LogP contribution is -2.45. The van der Waals surface area contributed by atoms with Crippen molar-refractivity contribution in [2.24, 2.45) is 0 Å². The summed E-state index contributed by atoms with van der Waals surface area (Å²) in [6.07, 6.45) is 37.4. The molecule has 0 aliphatic rings. The zero-order chi connectivity index (χ0) is 27.9. The molecule has 2 atom stereocenters. The number of rotatable bonds is 29. The summed E-state index contributed by atoms with van der Waals surface area (Å²) in [6, 6.07) is -0.629. The normalized spacial score (nSPS) is 13.5. The van der Waals surface area contributed by atoms with Gasteiger partial charge in [0.2, 0.25) is 5.91 Å². The average Bonchev–Trinajstić information content (AvgIpc) is 2.92. The van der Waals surface area contributed by atoms with Crippen molar-refractivity contribution >= 4 is 5.91 Å². The Morgan fingerprint density at radius 1 is 0.605 bits per heavy atom. The molecular formula is C34H65NO3. The van der Waals surface area contributed by atoms with E-state index in [-0.39, 0.29) is 12.5 Å². The van der Waals surface area contributed by atoms with Crippen LogP contribution in [0.1, 0.15) is 168 Å². The van der Waals surface area contributed by atoms with Crippen molar-refractivity contribution in [2.75, 3.05) is 6.61 Å². The van der Waals surface area contributed by atoms with Gasteiger partial charge in [0.15, 0.2) is 0 Å². The number of carbonyl (C=O) groups is 1. The first-order chi connectivity index (χ1) is 18.7. The van der Waals surface area contributed by atoms with Gasteiger partial charge in [-0.05, 0) is 32.1 Å². The van der Waals surface area contributed by atoms with E-state index in [9.17, 15) is 15.0 Å². The van der Waals surface area contributed by atoms with Gasteiger partial charge in [0.1, 0.15) is 0 Å². The quantitative estimate of drug-likeness (QED) is 0.0660. The fourth-order valence-electron chi connectivity index (χ4n) is 4.84. The van der Waals surface area contributed by atoms with Crippen LogP contribution in [0.25, 0.3) is 0 Å². The van der Waals surface area contributed by atoms with Crippen LogP contribution in [0.15, 0.2) is 24.3 Å². The number of amides is 1. The third kappa shape index (κ3) is 26.5. The minimum Gasteiger partial charge on any atom is -0.394 e. The van der Waals surface area contributed by atoms with E-state index < -0.39 is 12.1 Å². The second-order valence-corrected chi connectivity index (χ2v) is 11.2. The monoisotopic (exact) mass is 535 g/mol. The lowest BCUT2D eigenvalue weighted by Gasteiger charge is -2.19. The Balaban J connectivity index is 3.53. The van der Waals surface area contributed by atoms with Crippen molar-refractivity contribution in [1.29, 1.82) is 0 Å². The van der Waals surface area contributed by atoms with E-state index in [4.69, 9.17) is 0 Å². The molecule has 4 heteroatoms. The maximum absolute atomic E-state index is 12.0. The molecular weight excluding hydrogens is 470 g/mol. The van der Waals surface area contributed by atoms with Gasteiger partial charge in [-0.15, -0.1) is 0 Å². The maximum Gasteiger partial charge on any atom is 0.220 e. The van der Waals surface area contributed by atoms with Crippen molar-refractivity contribution in [3.8, 4) is 0 Å². The number of hydrogen-bond donors (Lipinski definition) is 3. The van der Waals surface area contributed by atoms with Gasteiger partial charge >= 0.3 is 0 Å². The van der Waals surface area contributed by atoms with Crippen molar-refractivity contribution in [1.82, 2.24) is 5.32 Å². The highest BCUT2D eigenvalue weighted by Crippen LogP contribution is 2.14. The predicted octanol–water partition coefficient (Wildman–Crippen LogP) is 9.34. The highest BCUT2D eigenvalue weighted by atomic mass is 16.3.